The third-order valence-electron chi connectivity index (χ3n) is 1.85. The number of aryl methyl sites for hydroxylation is 1. The van der Waals surface area contributed by atoms with Crippen molar-refractivity contribution in [1.29, 1.82) is 0 Å². The number of hydrogen-bond donors (Lipinski definition) is 1. The van der Waals surface area contributed by atoms with Crippen LogP contribution in [0.15, 0.2) is 30.4 Å². The fraction of sp³-hybridized carbons (Fsp3) is 0.273. The first-order valence-corrected chi connectivity index (χ1v) is 4.32. The predicted molar refractivity (Wildman–Crippen MR) is 51.2 cm³/mol. The number of aromatic hydroxyl groups is 1. The average Bonchev–Trinajstić information content (AvgIpc) is 2.12. The van der Waals surface area contributed by atoms with Crippen molar-refractivity contribution in [2.45, 2.75) is 19.8 Å². The summed E-state index contributed by atoms with van der Waals surface area (Å²) in [5.74, 6) is -0.826. The Morgan fingerprint density at radius 3 is 2.85 bits per heavy atom. The highest BCUT2D eigenvalue weighted by Gasteiger charge is 1.99. The first kappa shape index (κ1) is 9.78. The Labute approximate surface area is 77.5 Å². The second kappa shape index (κ2) is 4.65. The standard InChI is InChI=1S/C11H13FO/c1-2-3-4-5-9-6-7-11(13)10(12)8-9/h2-3,6-8,13H,4-5H2,1H3. The quantitative estimate of drug-likeness (QED) is 0.709. The Bertz CT molecular complexity index is 305. The molecule has 0 bridgehead atoms. The van der Waals surface area contributed by atoms with Crippen molar-refractivity contribution in [2.75, 3.05) is 0 Å². The topological polar surface area (TPSA) is 20.2 Å². The van der Waals surface area contributed by atoms with E-state index in [0.29, 0.717) is 0 Å². The summed E-state index contributed by atoms with van der Waals surface area (Å²) < 4.78 is 12.8. The molecule has 13 heavy (non-hydrogen) atoms. The molecule has 0 heterocycles. The van der Waals surface area contributed by atoms with E-state index in [4.69, 9.17) is 5.11 Å². The van der Waals surface area contributed by atoms with Crippen LogP contribution in [-0.4, -0.2) is 5.11 Å². The minimum Gasteiger partial charge on any atom is -0.505 e. The smallest absolute Gasteiger partial charge is 0.165 e. The summed E-state index contributed by atoms with van der Waals surface area (Å²) in [5.41, 5.74) is 0.911. The molecule has 0 aliphatic heterocycles. The van der Waals surface area contributed by atoms with E-state index < -0.39 is 5.82 Å². The van der Waals surface area contributed by atoms with Gasteiger partial charge >= 0.3 is 0 Å². The van der Waals surface area contributed by atoms with E-state index in [9.17, 15) is 4.39 Å². The van der Waals surface area contributed by atoms with Gasteiger partial charge in [0.1, 0.15) is 0 Å². The van der Waals surface area contributed by atoms with Gasteiger partial charge in [-0.2, -0.15) is 0 Å². The molecule has 0 radical (unpaired) electrons. The molecule has 70 valence electrons. The Kier molecular flexibility index (Phi) is 3.50. The molecule has 1 nitrogen and oxygen atoms in total. The Morgan fingerprint density at radius 1 is 1.46 bits per heavy atom. The summed E-state index contributed by atoms with van der Waals surface area (Å²) in [6, 6.07) is 4.50. The lowest BCUT2D eigenvalue weighted by molar-refractivity contribution is 0.432. The van der Waals surface area contributed by atoms with Crippen molar-refractivity contribution < 1.29 is 9.50 Å². The molecule has 0 spiro atoms. The number of phenols is 1. The molecule has 0 atom stereocenters. The minimum absolute atomic E-state index is 0.283. The summed E-state index contributed by atoms with van der Waals surface area (Å²) in [7, 11) is 0. The van der Waals surface area contributed by atoms with Gasteiger partial charge in [-0.15, -0.1) is 0 Å². The van der Waals surface area contributed by atoms with Crippen LogP contribution in [0.2, 0.25) is 0 Å². The van der Waals surface area contributed by atoms with Gasteiger partial charge in [-0.05, 0) is 37.5 Å². The third-order valence-corrected chi connectivity index (χ3v) is 1.85. The number of allylic oxidation sites excluding steroid dienone is 2. The first-order chi connectivity index (χ1) is 6.24. The second-order valence-corrected chi connectivity index (χ2v) is 2.89. The lowest BCUT2D eigenvalue weighted by Gasteiger charge is -1.99. The molecular formula is C11H13FO. The summed E-state index contributed by atoms with van der Waals surface area (Å²) in [6.07, 6.45) is 5.71. The van der Waals surface area contributed by atoms with E-state index in [1.165, 1.54) is 12.1 Å². The zero-order chi connectivity index (χ0) is 9.68. The lowest BCUT2D eigenvalue weighted by atomic mass is 10.1. The molecule has 2 heteroatoms. The Hall–Kier alpha value is -1.31. The van der Waals surface area contributed by atoms with Crippen LogP contribution in [0.4, 0.5) is 4.39 Å². The van der Waals surface area contributed by atoms with Gasteiger partial charge < -0.3 is 5.11 Å². The molecule has 0 fully saturated rings. The van der Waals surface area contributed by atoms with E-state index in [1.54, 1.807) is 6.07 Å². The Morgan fingerprint density at radius 2 is 2.23 bits per heavy atom. The molecule has 1 N–H and O–H groups in total. The van der Waals surface area contributed by atoms with Gasteiger partial charge in [0, 0.05) is 0 Å². The molecule has 0 aliphatic rings. The van der Waals surface area contributed by atoms with Gasteiger partial charge in [-0.1, -0.05) is 18.2 Å². The van der Waals surface area contributed by atoms with Gasteiger partial charge in [0.25, 0.3) is 0 Å². The van der Waals surface area contributed by atoms with E-state index in [-0.39, 0.29) is 5.75 Å². The summed E-state index contributed by atoms with van der Waals surface area (Å²) in [4.78, 5) is 0. The molecule has 1 aromatic carbocycles. The highest BCUT2D eigenvalue weighted by atomic mass is 19.1. The van der Waals surface area contributed by atoms with E-state index in [1.807, 2.05) is 19.1 Å². The van der Waals surface area contributed by atoms with E-state index >= 15 is 0 Å². The maximum Gasteiger partial charge on any atom is 0.165 e. The summed E-state index contributed by atoms with van der Waals surface area (Å²) in [6.45, 7) is 1.96. The van der Waals surface area contributed by atoms with Crippen molar-refractivity contribution in [1.82, 2.24) is 0 Å². The predicted octanol–water partition coefficient (Wildman–Crippen LogP) is 3.04. The van der Waals surface area contributed by atoms with Crippen LogP contribution in [-0.2, 0) is 6.42 Å². The fourth-order valence-corrected chi connectivity index (χ4v) is 1.12. The van der Waals surface area contributed by atoms with Crippen LogP contribution < -0.4 is 0 Å². The molecule has 0 aliphatic carbocycles. The van der Waals surface area contributed by atoms with Crippen LogP contribution >= 0.6 is 0 Å². The van der Waals surface area contributed by atoms with Crippen molar-refractivity contribution in [3.05, 3.63) is 41.7 Å². The molecule has 0 amide bonds. The lowest BCUT2D eigenvalue weighted by Crippen LogP contribution is -1.85. The maximum absolute atomic E-state index is 12.8. The van der Waals surface area contributed by atoms with E-state index in [0.717, 1.165) is 18.4 Å². The van der Waals surface area contributed by atoms with Crippen LogP contribution in [0.3, 0.4) is 0 Å². The van der Waals surface area contributed by atoms with Crippen LogP contribution in [0.1, 0.15) is 18.9 Å². The van der Waals surface area contributed by atoms with Gasteiger partial charge in [0.05, 0.1) is 0 Å². The van der Waals surface area contributed by atoms with E-state index in [2.05, 4.69) is 0 Å². The number of rotatable bonds is 3. The van der Waals surface area contributed by atoms with Gasteiger partial charge in [0.2, 0.25) is 0 Å². The molecular weight excluding hydrogens is 167 g/mol. The number of benzene rings is 1. The zero-order valence-corrected chi connectivity index (χ0v) is 7.63. The van der Waals surface area contributed by atoms with Gasteiger partial charge in [-0.3, -0.25) is 0 Å². The number of halogens is 1. The number of phenolic OH excluding ortho intramolecular Hbond substituents is 1. The highest BCUT2D eigenvalue weighted by Crippen LogP contribution is 2.16. The van der Waals surface area contributed by atoms with Gasteiger partial charge in [0.15, 0.2) is 11.6 Å². The molecule has 0 unspecified atom stereocenters. The van der Waals surface area contributed by atoms with Crippen molar-refractivity contribution in [3.8, 4) is 5.75 Å². The second-order valence-electron chi connectivity index (χ2n) is 2.89. The maximum atomic E-state index is 12.8. The first-order valence-electron chi connectivity index (χ1n) is 4.32. The van der Waals surface area contributed by atoms with Crippen LogP contribution in [0, 0.1) is 5.82 Å². The third kappa shape index (κ3) is 2.90. The largest absolute Gasteiger partial charge is 0.505 e. The van der Waals surface area contributed by atoms with Crippen molar-refractivity contribution >= 4 is 0 Å². The highest BCUT2D eigenvalue weighted by molar-refractivity contribution is 5.28. The molecule has 1 rings (SSSR count). The molecule has 0 aromatic heterocycles. The summed E-state index contributed by atoms with van der Waals surface area (Å²) >= 11 is 0. The number of hydrogen-bond acceptors (Lipinski definition) is 1. The molecule has 0 saturated heterocycles. The van der Waals surface area contributed by atoms with Crippen LogP contribution in [0.5, 0.6) is 5.75 Å². The van der Waals surface area contributed by atoms with Crippen molar-refractivity contribution in [3.63, 3.8) is 0 Å². The van der Waals surface area contributed by atoms with Crippen molar-refractivity contribution in [2.24, 2.45) is 0 Å². The zero-order valence-electron chi connectivity index (χ0n) is 7.63. The minimum atomic E-state index is -0.544. The Balaban J connectivity index is 2.63. The SMILES string of the molecule is CC=CCCc1ccc(O)c(F)c1. The van der Waals surface area contributed by atoms with Crippen LogP contribution in [0.25, 0.3) is 0 Å². The average molecular weight is 180 g/mol. The molecule has 0 saturated carbocycles. The fourth-order valence-electron chi connectivity index (χ4n) is 1.12. The monoisotopic (exact) mass is 180 g/mol. The summed E-state index contributed by atoms with van der Waals surface area (Å²) in [5, 5.41) is 8.93. The molecule has 1 aromatic rings. The van der Waals surface area contributed by atoms with Gasteiger partial charge in [-0.25, -0.2) is 4.39 Å². The normalized spacial score (nSPS) is 10.9.